The molecule has 11 heteroatoms. The number of methoxy groups -OCH3 is 2. The van der Waals surface area contributed by atoms with Gasteiger partial charge in [-0.15, -0.1) is 0 Å². The molecule has 0 radical (unpaired) electrons. The maximum atomic E-state index is 13.6. The number of ether oxygens (including phenoxy) is 4. The van der Waals surface area contributed by atoms with Gasteiger partial charge in [0.1, 0.15) is 17.5 Å². The molecule has 1 saturated heterocycles. The van der Waals surface area contributed by atoms with Gasteiger partial charge in [-0.1, -0.05) is 39.0 Å². The van der Waals surface area contributed by atoms with Crippen molar-refractivity contribution >= 4 is 26.3 Å². The maximum absolute atomic E-state index is 13.6. The number of rotatable bonds is 9. The maximum Gasteiger partial charge on any atom is 0.410 e. The molecule has 1 fully saturated rings. The molecule has 1 aliphatic rings. The summed E-state index contributed by atoms with van der Waals surface area (Å²) in [4.78, 5) is 41.8. The first-order chi connectivity index (χ1) is 23.4. The molecule has 50 heavy (non-hydrogen) atoms. The number of carbonyl (C=O) groups excluding carboxylic acids is 3. The number of amides is 2. The van der Waals surface area contributed by atoms with E-state index in [0.717, 1.165) is 11.1 Å². The third-order valence-electron chi connectivity index (χ3n) is 9.14. The second kappa shape index (κ2) is 15.6. The average molecular weight is 705 g/mol. The van der Waals surface area contributed by atoms with Crippen molar-refractivity contribution in [1.29, 1.82) is 0 Å². The second-order valence-electron chi connectivity index (χ2n) is 15.1. The van der Waals surface area contributed by atoms with Crippen molar-refractivity contribution < 1.29 is 37.8 Å². The molecule has 0 unspecified atom stereocenters. The standard InChI is InChI=1S/C39H52N2O8Si/c1-38(2,3)48-37(44)41-23-11-12-32(31(25-41)40-35(42)27-17-20-30(21-18-27)49-50(9,10)39(4,5)6)47-36(43)28-15-13-26(14-16-28)29-19-22-33(45-7)34(24-29)46-8/h13-22,24,31-32H,11-12,23,25H2,1-10H3,(H,40,42)/t31-,32-/m1/s1. The first-order valence-corrected chi connectivity index (χ1v) is 19.9. The van der Waals surface area contributed by atoms with Gasteiger partial charge in [-0.2, -0.15) is 0 Å². The van der Waals surface area contributed by atoms with Gasteiger partial charge in [0.25, 0.3) is 5.91 Å². The van der Waals surface area contributed by atoms with Gasteiger partial charge in [-0.05, 0) is 111 Å². The van der Waals surface area contributed by atoms with Crippen LogP contribution in [0.1, 0.15) is 75.1 Å². The minimum Gasteiger partial charge on any atom is -0.544 e. The summed E-state index contributed by atoms with van der Waals surface area (Å²) < 4.78 is 28.9. The lowest BCUT2D eigenvalue weighted by Gasteiger charge is -2.36. The molecule has 1 N–H and O–H groups in total. The fourth-order valence-corrected chi connectivity index (χ4v) is 6.33. The smallest absolute Gasteiger partial charge is 0.410 e. The van der Waals surface area contributed by atoms with E-state index < -0.39 is 38.1 Å². The van der Waals surface area contributed by atoms with Crippen LogP contribution in [0, 0.1) is 0 Å². The van der Waals surface area contributed by atoms with Crippen molar-refractivity contribution in [3.63, 3.8) is 0 Å². The number of hydrogen-bond donors (Lipinski definition) is 1. The first kappa shape index (κ1) is 38.3. The summed E-state index contributed by atoms with van der Waals surface area (Å²) >= 11 is 0. The van der Waals surface area contributed by atoms with Gasteiger partial charge in [0.05, 0.1) is 25.8 Å². The molecule has 0 saturated carbocycles. The van der Waals surface area contributed by atoms with Gasteiger partial charge >= 0.3 is 12.1 Å². The zero-order valence-corrected chi connectivity index (χ0v) is 32.0. The van der Waals surface area contributed by atoms with Crippen molar-refractivity contribution in [3.05, 3.63) is 77.9 Å². The van der Waals surface area contributed by atoms with Gasteiger partial charge in [-0.3, -0.25) is 4.79 Å². The second-order valence-corrected chi connectivity index (χ2v) is 19.9. The van der Waals surface area contributed by atoms with E-state index in [1.165, 1.54) is 0 Å². The zero-order valence-electron chi connectivity index (χ0n) is 31.0. The molecule has 270 valence electrons. The summed E-state index contributed by atoms with van der Waals surface area (Å²) in [5.41, 5.74) is 1.89. The molecule has 10 nitrogen and oxygen atoms in total. The van der Waals surface area contributed by atoms with Gasteiger partial charge < -0.3 is 33.6 Å². The molecule has 0 aromatic heterocycles. The molecule has 2 amide bonds. The van der Waals surface area contributed by atoms with E-state index >= 15 is 0 Å². The van der Waals surface area contributed by atoms with Gasteiger partial charge in [0.15, 0.2) is 11.5 Å². The summed E-state index contributed by atoms with van der Waals surface area (Å²) in [6.45, 7) is 16.8. The van der Waals surface area contributed by atoms with Crippen LogP contribution in [0.2, 0.25) is 18.1 Å². The number of benzene rings is 3. The number of likely N-dealkylation sites (tertiary alicyclic amines) is 1. The Kier molecular flexibility index (Phi) is 11.9. The number of carbonyl (C=O) groups is 3. The van der Waals surface area contributed by atoms with Crippen molar-refractivity contribution in [2.45, 2.75) is 90.3 Å². The van der Waals surface area contributed by atoms with E-state index in [4.69, 9.17) is 23.4 Å². The largest absolute Gasteiger partial charge is 0.544 e. The molecule has 3 aromatic carbocycles. The summed E-state index contributed by atoms with van der Waals surface area (Å²) in [6, 6.07) is 19.1. The van der Waals surface area contributed by atoms with Crippen LogP contribution in [0.4, 0.5) is 4.79 Å². The number of esters is 1. The highest BCUT2D eigenvalue weighted by Crippen LogP contribution is 2.37. The van der Waals surface area contributed by atoms with E-state index in [1.54, 1.807) is 76.3 Å². The third kappa shape index (κ3) is 9.80. The average Bonchev–Trinajstić information content (AvgIpc) is 3.25. The Hall–Kier alpha value is -4.51. The van der Waals surface area contributed by atoms with Crippen LogP contribution < -0.4 is 19.2 Å². The Bertz CT molecular complexity index is 1640. The van der Waals surface area contributed by atoms with E-state index in [2.05, 4.69) is 39.2 Å². The Morgan fingerprint density at radius 2 is 1.40 bits per heavy atom. The van der Waals surface area contributed by atoms with E-state index in [0.29, 0.717) is 47.8 Å². The van der Waals surface area contributed by atoms with Crippen LogP contribution in [-0.4, -0.2) is 76.2 Å². The summed E-state index contributed by atoms with van der Waals surface area (Å²) in [5.74, 6) is 1.07. The Labute approximate surface area is 297 Å². The van der Waals surface area contributed by atoms with Crippen molar-refractivity contribution in [3.8, 4) is 28.4 Å². The number of nitrogens with one attached hydrogen (secondary N) is 1. The lowest BCUT2D eigenvalue weighted by atomic mass is 10.0. The predicted octanol–water partition coefficient (Wildman–Crippen LogP) is 8.11. The summed E-state index contributed by atoms with van der Waals surface area (Å²) in [6.07, 6.45) is -0.174. The third-order valence-corrected chi connectivity index (χ3v) is 13.5. The van der Waals surface area contributed by atoms with Crippen LogP contribution >= 0.6 is 0 Å². The first-order valence-electron chi connectivity index (χ1n) is 17.0. The zero-order chi connectivity index (χ0) is 36.9. The molecule has 4 rings (SSSR count). The molecule has 2 atom stereocenters. The van der Waals surface area contributed by atoms with E-state index in [9.17, 15) is 14.4 Å². The highest BCUT2D eigenvalue weighted by molar-refractivity contribution is 6.74. The minimum atomic E-state index is -2.06. The fourth-order valence-electron chi connectivity index (χ4n) is 5.30. The fraction of sp³-hybridized carbons (Fsp3) is 0.462. The molecule has 0 bridgehead atoms. The highest BCUT2D eigenvalue weighted by atomic mass is 28.4. The van der Waals surface area contributed by atoms with Crippen molar-refractivity contribution in [1.82, 2.24) is 10.2 Å². The van der Waals surface area contributed by atoms with Crippen LogP contribution in [0.15, 0.2) is 66.7 Å². The van der Waals surface area contributed by atoms with Crippen LogP contribution in [0.3, 0.4) is 0 Å². The highest BCUT2D eigenvalue weighted by Gasteiger charge is 2.39. The number of nitrogens with zero attached hydrogens (tertiary/aromatic N) is 1. The molecule has 0 spiro atoms. The molecule has 0 aliphatic carbocycles. The van der Waals surface area contributed by atoms with Crippen LogP contribution in [0.5, 0.6) is 17.2 Å². The summed E-state index contributed by atoms with van der Waals surface area (Å²) in [7, 11) is 1.11. The Morgan fingerprint density at radius 1 is 0.800 bits per heavy atom. The molecular weight excluding hydrogens is 653 g/mol. The lowest BCUT2D eigenvalue weighted by molar-refractivity contribution is 0.0127. The molecular formula is C39H52N2O8Si. The van der Waals surface area contributed by atoms with Gasteiger partial charge in [0.2, 0.25) is 8.32 Å². The van der Waals surface area contributed by atoms with Crippen molar-refractivity contribution in [2.24, 2.45) is 0 Å². The molecule has 1 aliphatic heterocycles. The van der Waals surface area contributed by atoms with Crippen LogP contribution in [0.25, 0.3) is 11.1 Å². The molecule has 3 aromatic rings. The quantitative estimate of drug-likeness (QED) is 0.176. The predicted molar refractivity (Wildman–Crippen MR) is 197 cm³/mol. The topological polar surface area (TPSA) is 113 Å². The Morgan fingerprint density at radius 3 is 1.98 bits per heavy atom. The van der Waals surface area contributed by atoms with E-state index in [1.807, 2.05) is 30.3 Å². The summed E-state index contributed by atoms with van der Waals surface area (Å²) in [5, 5.41) is 3.08. The Balaban J connectivity index is 1.52. The lowest BCUT2D eigenvalue weighted by Crippen LogP contribution is -2.51. The normalized spacial score (nSPS) is 16.9. The SMILES string of the molecule is COc1ccc(-c2ccc(C(=O)O[C@@H]3CCCN(C(=O)OC(C)(C)C)C[C@H]3NC(=O)c3ccc(O[Si](C)(C)C(C)(C)C)cc3)cc2)cc1OC. The van der Waals surface area contributed by atoms with Crippen molar-refractivity contribution in [2.75, 3.05) is 27.3 Å². The number of hydrogen-bond acceptors (Lipinski definition) is 8. The monoisotopic (exact) mass is 704 g/mol. The van der Waals surface area contributed by atoms with Gasteiger partial charge in [0, 0.05) is 18.7 Å². The molecule has 1 heterocycles. The van der Waals surface area contributed by atoms with E-state index in [-0.39, 0.29) is 17.5 Å². The van der Waals surface area contributed by atoms with Gasteiger partial charge in [-0.25, -0.2) is 9.59 Å². The van der Waals surface area contributed by atoms with Crippen LogP contribution in [-0.2, 0) is 9.47 Å². The minimum absolute atomic E-state index is 0.0295.